The van der Waals surface area contributed by atoms with Crippen LogP contribution in [0, 0.1) is 5.92 Å². The number of thioether (sulfide) groups is 1. The molecule has 0 saturated heterocycles. The minimum Gasteiger partial charge on any atom is -0.469 e. The molecule has 5 nitrogen and oxygen atoms in total. The third-order valence-electron chi connectivity index (χ3n) is 1.84. The standard InChI is InChI=1S/C9H15N3O2S2/c1-6(7(13)14-4)5-15-9-11-10-8(16-9)12(2)3/h6H,5H2,1-4H3. The molecule has 0 spiro atoms. The molecule has 0 aromatic carbocycles. The van der Waals surface area contributed by atoms with Crippen LogP contribution in [0.4, 0.5) is 5.13 Å². The van der Waals surface area contributed by atoms with Gasteiger partial charge in [-0.2, -0.15) is 0 Å². The van der Waals surface area contributed by atoms with Crippen molar-refractivity contribution in [1.82, 2.24) is 10.2 Å². The van der Waals surface area contributed by atoms with Gasteiger partial charge in [-0.1, -0.05) is 30.0 Å². The molecule has 16 heavy (non-hydrogen) atoms. The number of anilines is 1. The van der Waals surface area contributed by atoms with Gasteiger partial charge in [0.2, 0.25) is 5.13 Å². The zero-order valence-electron chi connectivity index (χ0n) is 9.76. The van der Waals surface area contributed by atoms with Crippen molar-refractivity contribution < 1.29 is 9.53 Å². The molecule has 0 aliphatic rings. The van der Waals surface area contributed by atoms with Crippen LogP contribution < -0.4 is 4.90 Å². The van der Waals surface area contributed by atoms with Crippen LogP contribution >= 0.6 is 23.1 Å². The maximum absolute atomic E-state index is 11.2. The SMILES string of the molecule is COC(=O)C(C)CSc1nnc(N(C)C)s1. The van der Waals surface area contributed by atoms with Crippen LogP contribution in [0.2, 0.25) is 0 Å². The average molecular weight is 261 g/mol. The second-order valence-corrected chi connectivity index (χ2v) is 5.70. The van der Waals surface area contributed by atoms with E-state index in [9.17, 15) is 4.79 Å². The van der Waals surface area contributed by atoms with Crippen molar-refractivity contribution in [2.45, 2.75) is 11.3 Å². The largest absolute Gasteiger partial charge is 0.469 e. The van der Waals surface area contributed by atoms with E-state index in [-0.39, 0.29) is 11.9 Å². The van der Waals surface area contributed by atoms with Crippen molar-refractivity contribution in [1.29, 1.82) is 0 Å². The highest BCUT2D eigenvalue weighted by molar-refractivity contribution is 8.01. The Hall–Kier alpha value is -0.820. The number of aromatic nitrogens is 2. The Balaban J connectivity index is 2.45. The molecule has 0 radical (unpaired) electrons. The highest BCUT2D eigenvalue weighted by Gasteiger charge is 2.15. The molecule has 0 fully saturated rings. The van der Waals surface area contributed by atoms with Gasteiger partial charge in [-0.05, 0) is 0 Å². The minimum absolute atomic E-state index is 0.123. The zero-order chi connectivity index (χ0) is 12.1. The van der Waals surface area contributed by atoms with Crippen molar-refractivity contribution in [2.75, 3.05) is 31.9 Å². The maximum atomic E-state index is 11.2. The summed E-state index contributed by atoms with van der Waals surface area (Å²) in [6.45, 7) is 1.84. The van der Waals surface area contributed by atoms with Gasteiger partial charge in [0.15, 0.2) is 4.34 Å². The van der Waals surface area contributed by atoms with Crippen LogP contribution in [0.25, 0.3) is 0 Å². The van der Waals surface area contributed by atoms with Crippen LogP contribution in [-0.4, -0.2) is 43.1 Å². The monoisotopic (exact) mass is 261 g/mol. The summed E-state index contributed by atoms with van der Waals surface area (Å²) < 4.78 is 5.53. The fourth-order valence-electron chi connectivity index (χ4n) is 0.907. The van der Waals surface area contributed by atoms with Gasteiger partial charge in [0.25, 0.3) is 0 Å². The van der Waals surface area contributed by atoms with Gasteiger partial charge in [0.05, 0.1) is 13.0 Å². The number of hydrogen-bond acceptors (Lipinski definition) is 7. The number of nitrogens with zero attached hydrogens (tertiary/aromatic N) is 3. The molecule has 7 heteroatoms. The quantitative estimate of drug-likeness (QED) is 0.591. The summed E-state index contributed by atoms with van der Waals surface area (Å²) in [5, 5.41) is 8.92. The molecular formula is C9H15N3O2S2. The molecule has 1 atom stereocenters. The molecule has 1 rings (SSSR count). The molecule has 90 valence electrons. The van der Waals surface area contributed by atoms with E-state index in [1.54, 1.807) is 0 Å². The number of ether oxygens (including phenoxy) is 1. The van der Waals surface area contributed by atoms with E-state index in [1.165, 1.54) is 30.2 Å². The maximum Gasteiger partial charge on any atom is 0.309 e. The highest BCUT2D eigenvalue weighted by atomic mass is 32.2. The third-order valence-corrected chi connectivity index (χ3v) is 4.32. The first-order chi connectivity index (χ1) is 7.54. The minimum atomic E-state index is -0.190. The van der Waals surface area contributed by atoms with E-state index >= 15 is 0 Å². The van der Waals surface area contributed by atoms with Crippen molar-refractivity contribution in [2.24, 2.45) is 5.92 Å². The van der Waals surface area contributed by atoms with Crippen molar-refractivity contribution in [3.05, 3.63) is 0 Å². The zero-order valence-corrected chi connectivity index (χ0v) is 11.4. The van der Waals surface area contributed by atoms with Crippen LogP contribution in [0.1, 0.15) is 6.92 Å². The molecule has 0 aliphatic heterocycles. The molecule has 0 aliphatic carbocycles. The summed E-state index contributed by atoms with van der Waals surface area (Å²) >= 11 is 3.04. The van der Waals surface area contributed by atoms with Crippen molar-refractivity contribution >= 4 is 34.2 Å². The molecule has 0 amide bonds. The number of hydrogen-bond donors (Lipinski definition) is 0. The van der Waals surface area contributed by atoms with E-state index < -0.39 is 0 Å². The predicted octanol–water partition coefficient (Wildman–Crippen LogP) is 1.51. The Morgan fingerprint density at radius 3 is 2.75 bits per heavy atom. The molecule has 0 bridgehead atoms. The molecule has 1 aromatic heterocycles. The highest BCUT2D eigenvalue weighted by Crippen LogP contribution is 2.28. The first kappa shape index (κ1) is 13.2. The molecule has 1 unspecified atom stereocenters. The van der Waals surface area contributed by atoms with Crippen LogP contribution in [-0.2, 0) is 9.53 Å². The summed E-state index contributed by atoms with van der Waals surface area (Å²) in [5.41, 5.74) is 0. The first-order valence-electron chi connectivity index (χ1n) is 4.76. The molecular weight excluding hydrogens is 246 g/mol. The Morgan fingerprint density at radius 2 is 2.25 bits per heavy atom. The number of carbonyl (C=O) groups excluding carboxylic acids is 1. The molecule has 1 aromatic rings. The van der Waals surface area contributed by atoms with Gasteiger partial charge in [0, 0.05) is 19.8 Å². The smallest absolute Gasteiger partial charge is 0.309 e. The van der Waals surface area contributed by atoms with E-state index in [0.29, 0.717) is 5.75 Å². The lowest BCUT2D eigenvalue weighted by Crippen LogP contribution is -2.14. The Labute approximate surface area is 103 Å². The van der Waals surface area contributed by atoms with Gasteiger partial charge in [0.1, 0.15) is 0 Å². The Bertz CT molecular complexity index is 354. The third kappa shape index (κ3) is 3.64. The molecule has 1 heterocycles. The lowest BCUT2D eigenvalue weighted by molar-refractivity contribution is -0.143. The van der Waals surface area contributed by atoms with Crippen LogP contribution in [0.5, 0.6) is 0 Å². The summed E-state index contributed by atoms with van der Waals surface area (Å²) in [6, 6.07) is 0. The van der Waals surface area contributed by atoms with Crippen LogP contribution in [0.15, 0.2) is 4.34 Å². The number of esters is 1. The predicted molar refractivity (Wildman–Crippen MR) is 66.1 cm³/mol. The van der Waals surface area contributed by atoms with Gasteiger partial charge < -0.3 is 9.64 Å². The van der Waals surface area contributed by atoms with Crippen molar-refractivity contribution in [3.63, 3.8) is 0 Å². The van der Waals surface area contributed by atoms with Crippen molar-refractivity contribution in [3.8, 4) is 0 Å². The normalized spacial score (nSPS) is 12.2. The number of methoxy groups -OCH3 is 1. The number of carbonyl (C=O) groups is 1. The Kier molecular flexibility index (Phi) is 5.01. The van der Waals surface area contributed by atoms with Gasteiger partial charge in [-0.25, -0.2) is 0 Å². The molecule has 0 saturated carbocycles. The van der Waals surface area contributed by atoms with E-state index in [0.717, 1.165) is 9.47 Å². The van der Waals surface area contributed by atoms with E-state index in [1.807, 2.05) is 25.9 Å². The summed E-state index contributed by atoms with van der Waals surface area (Å²) in [5.74, 6) is 0.348. The topological polar surface area (TPSA) is 55.3 Å². The van der Waals surface area contributed by atoms with Gasteiger partial charge in [-0.3, -0.25) is 4.79 Å². The fraction of sp³-hybridized carbons (Fsp3) is 0.667. The summed E-state index contributed by atoms with van der Waals surface area (Å²) in [4.78, 5) is 13.1. The van der Waals surface area contributed by atoms with Gasteiger partial charge in [-0.15, -0.1) is 10.2 Å². The first-order valence-corrected chi connectivity index (χ1v) is 6.56. The summed E-state index contributed by atoms with van der Waals surface area (Å²) in [6.07, 6.45) is 0. The average Bonchev–Trinajstić information content (AvgIpc) is 2.73. The second-order valence-electron chi connectivity index (χ2n) is 3.48. The fourth-order valence-corrected chi connectivity index (χ4v) is 2.70. The molecule has 0 N–H and O–H groups in total. The second kappa shape index (κ2) is 6.05. The van der Waals surface area contributed by atoms with E-state index in [4.69, 9.17) is 0 Å². The van der Waals surface area contributed by atoms with Crippen LogP contribution in [0.3, 0.4) is 0 Å². The lowest BCUT2D eigenvalue weighted by Gasteiger charge is -2.06. The lowest BCUT2D eigenvalue weighted by atomic mass is 10.2. The van der Waals surface area contributed by atoms with Gasteiger partial charge >= 0.3 is 5.97 Å². The Morgan fingerprint density at radius 1 is 1.56 bits per heavy atom. The number of rotatable bonds is 5. The van der Waals surface area contributed by atoms with E-state index in [2.05, 4.69) is 14.9 Å². The summed E-state index contributed by atoms with van der Waals surface area (Å²) in [7, 11) is 5.25.